The van der Waals surface area contributed by atoms with Crippen LogP contribution in [0.25, 0.3) is 0 Å². The second kappa shape index (κ2) is 6.13. The van der Waals surface area contributed by atoms with Crippen molar-refractivity contribution in [2.75, 3.05) is 5.32 Å². The van der Waals surface area contributed by atoms with Crippen LogP contribution in [0.4, 0.5) is 10.2 Å². The number of halogens is 1. The summed E-state index contributed by atoms with van der Waals surface area (Å²) in [5, 5.41) is 11.9. The van der Waals surface area contributed by atoms with Crippen LogP contribution in [-0.2, 0) is 0 Å². The third-order valence-corrected chi connectivity index (χ3v) is 3.60. The Morgan fingerprint density at radius 3 is 2.65 bits per heavy atom. The number of aliphatic hydroxyl groups excluding tert-OH is 1. The minimum absolute atomic E-state index is 0.0864. The molecule has 7 heteroatoms. The van der Waals surface area contributed by atoms with Crippen molar-refractivity contribution in [3.8, 4) is 0 Å². The molecule has 23 heavy (non-hydrogen) atoms. The van der Waals surface area contributed by atoms with Gasteiger partial charge in [0.15, 0.2) is 0 Å². The fraction of sp³-hybridized carbons (Fsp3) is 0.188. The first kappa shape index (κ1) is 15.1. The van der Waals surface area contributed by atoms with Gasteiger partial charge in [-0.25, -0.2) is 9.18 Å². The summed E-state index contributed by atoms with van der Waals surface area (Å²) in [6, 6.07) is 9.41. The van der Waals surface area contributed by atoms with E-state index in [2.05, 4.69) is 10.3 Å². The number of allylic oxidation sites excluding steroid dienone is 1. The number of hydrogen-bond donors (Lipinski definition) is 2. The van der Waals surface area contributed by atoms with Crippen molar-refractivity contribution in [2.24, 2.45) is 0 Å². The monoisotopic (exact) mass is 315 g/mol. The molecule has 1 amide bonds. The fourth-order valence-corrected chi connectivity index (χ4v) is 2.41. The summed E-state index contributed by atoms with van der Waals surface area (Å²) in [4.78, 5) is 27.8. The second-order valence-electron chi connectivity index (χ2n) is 5.19. The number of amides is 1. The highest BCUT2D eigenvalue weighted by Crippen LogP contribution is 2.28. The van der Waals surface area contributed by atoms with Crippen LogP contribution in [0, 0.1) is 0 Å². The fourth-order valence-electron chi connectivity index (χ4n) is 2.41. The molecule has 3 rings (SSSR count). The number of nitrogens with one attached hydrogen (secondary N) is 1. The van der Waals surface area contributed by atoms with Gasteiger partial charge in [0.1, 0.15) is 17.7 Å². The maximum atomic E-state index is 13.2. The van der Waals surface area contributed by atoms with Gasteiger partial charge in [0.05, 0.1) is 6.04 Å². The van der Waals surface area contributed by atoms with Gasteiger partial charge in [-0.15, -0.1) is 0 Å². The van der Waals surface area contributed by atoms with Crippen molar-refractivity contribution in [3.63, 3.8) is 0 Å². The van der Waals surface area contributed by atoms with Crippen LogP contribution in [0.3, 0.4) is 0 Å². The van der Waals surface area contributed by atoms with Gasteiger partial charge in [-0.2, -0.15) is 4.98 Å². The quantitative estimate of drug-likeness (QED) is 0.902. The minimum Gasteiger partial charge on any atom is -0.386 e. The summed E-state index contributed by atoms with van der Waals surface area (Å²) in [5.41, 5.74) is -0.179. The molecule has 1 aromatic heterocycles. The van der Waals surface area contributed by atoms with E-state index in [0.29, 0.717) is 5.56 Å². The van der Waals surface area contributed by atoms with E-state index in [0.717, 1.165) is 0 Å². The third-order valence-electron chi connectivity index (χ3n) is 3.60. The summed E-state index contributed by atoms with van der Waals surface area (Å²) >= 11 is 0. The molecule has 118 valence electrons. The van der Waals surface area contributed by atoms with Gasteiger partial charge >= 0.3 is 5.69 Å². The van der Waals surface area contributed by atoms with Gasteiger partial charge < -0.3 is 10.4 Å². The molecule has 0 fully saturated rings. The summed E-state index contributed by atoms with van der Waals surface area (Å²) in [6.45, 7) is 0. The van der Waals surface area contributed by atoms with E-state index in [1.165, 1.54) is 22.9 Å². The van der Waals surface area contributed by atoms with Crippen molar-refractivity contribution in [1.82, 2.24) is 9.55 Å². The number of carbonyl (C=O) groups excluding carboxylic acids is 1. The number of nitrogens with zero attached hydrogens (tertiary/aromatic N) is 2. The molecule has 0 radical (unpaired) electrons. The molecule has 2 atom stereocenters. The van der Waals surface area contributed by atoms with E-state index in [9.17, 15) is 19.1 Å². The van der Waals surface area contributed by atoms with Gasteiger partial charge in [-0.05, 0) is 24.3 Å². The SMILES string of the molecule is O=C(Nc1ccn(C2C=C(F)C(O)C2)c(=O)n1)c1ccccc1. The molecule has 0 spiro atoms. The number of benzene rings is 1. The first-order chi connectivity index (χ1) is 11.0. The standard InChI is InChI=1S/C16H14FN3O3/c17-12-8-11(9-13(12)21)20-7-6-14(19-16(20)23)18-15(22)10-4-2-1-3-5-10/h1-8,11,13,21H,9H2,(H,18,19,22,23). The molecular formula is C16H14FN3O3. The molecule has 0 aliphatic heterocycles. The Balaban J connectivity index is 1.78. The molecular weight excluding hydrogens is 301 g/mol. The lowest BCUT2D eigenvalue weighted by molar-refractivity contribution is 0.102. The Morgan fingerprint density at radius 1 is 1.30 bits per heavy atom. The molecule has 1 aliphatic rings. The van der Waals surface area contributed by atoms with Crippen molar-refractivity contribution >= 4 is 11.7 Å². The molecule has 2 unspecified atom stereocenters. The summed E-state index contributed by atoms with van der Waals surface area (Å²) < 4.78 is 14.5. The highest BCUT2D eigenvalue weighted by atomic mass is 19.1. The Labute approximate surface area is 130 Å². The van der Waals surface area contributed by atoms with Gasteiger partial charge in [0.2, 0.25) is 0 Å². The van der Waals surface area contributed by atoms with Crippen LogP contribution in [-0.4, -0.2) is 26.7 Å². The average molecular weight is 315 g/mol. The van der Waals surface area contributed by atoms with Crippen LogP contribution in [0.15, 0.2) is 59.3 Å². The lowest BCUT2D eigenvalue weighted by Gasteiger charge is -2.12. The van der Waals surface area contributed by atoms with E-state index in [-0.39, 0.29) is 18.1 Å². The molecule has 0 saturated heterocycles. The molecule has 0 bridgehead atoms. The number of aromatic nitrogens is 2. The minimum atomic E-state index is -1.19. The van der Waals surface area contributed by atoms with Gasteiger partial charge in [0, 0.05) is 18.2 Å². The number of anilines is 1. The van der Waals surface area contributed by atoms with E-state index >= 15 is 0 Å². The van der Waals surface area contributed by atoms with Crippen molar-refractivity contribution in [1.29, 1.82) is 0 Å². The van der Waals surface area contributed by atoms with Crippen molar-refractivity contribution < 1.29 is 14.3 Å². The Morgan fingerprint density at radius 2 is 2.04 bits per heavy atom. The smallest absolute Gasteiger partial charge is 0.350 e. The third kappa shape index (κ3) is 3.19. The molecule has 2 N–H and O–H groups in total. The van der Waals surface area contributed by atoms with Crippen LogP contribution in [0.1, 0.15) is 22.8 Å². The molecule has 6 nitrogen and oxygen atoms in total. The average Bonchev–Trinajstić information content (AvgIpc) is 2.87. The van der Waals surface area contributed by atoms with Gasteiger partial charge in [0.25, 0.3) is 5.91 Å². The second-order valence-corrected chi connectivity index (χ2v) is 5.19. The van der Waals surface area contributed by atoms with E-state index in [4.69, 9.17) is 0 Å². The number of carbonyl (C=O) groups is 1. The van der Waals surface area contributed by atoms with E-state index in [1.54, 1.807) is 30.3 Å². The predicted octanol–water partition coefficient (Wildman–Crippen LogP) is 1.65. The molecule has 1 heterocycles. The first-order valence-corrected chi connectivity index (χ1v) is 7.05. The lowest BCUT2D eigenvalue weighted by Crippen LogP contribution is -2.27. The Hall–Kier alpha value is -2.80. The summed E-state index contributed by atoms with van der Waals surface area (Å²) in [5.74, 6) is -0.913. The molecule has 1 aromatic carbocycles. The Kier molecular flexibility index (Phi) is 4.03. The normalized spacial score (nSPS) is 20.2. The highest BCUT2D eigenvalue weighted by Gasteiger charge is 2.26. The van der Waals surface area contributed by atoms with Crippen LogP contribution in [0.5, 0.6) is 0 Å². The number of hydrogen-bond acceptors (Lipinski definition) is 4. The molecule has 2 aromatic rings. The zero-order chi connectivity index (χ0) is 16.4. The molecule has 1 aliphatic carbocycles. The topological polar surface area (TPSA) is 84.2 Å². The van der Waals surface area contributed by atoms with Crippen LogP contribution >= 0.6 is 0 Å². The zero-order valence-corrected chi connectivity index (χ0v) is 12.0. The lowest BCUT2D eigenvalue weighted by atomic mass is 10.2. The molecule has 0 saturated carbocycles. The summed E-state index contributed by atoms with van der Waals surface area (Å²) in [6.07, 6.45) is 1.51. The van der Waals surface area contributed by atoms with Gasteiger partial charge in [-0.1, -0.05) is 18.2 Å². The number of aliphatic hydroxyl groups is 1. The maximum Gasteiger partial charge on any atom is 0.350 e. The predicted molar refractivity (Wildman–Crippen MR) is 81.7 cm³/mol. The van der Waals surface area contributed by atoms with E-state index in [1.807, 2.05) is 0 Å². The zero-order valence-electron chi connectivity index (χ0n) is 12.0. The van der Waals surface area contributed by atoms with Crippen molar-refractivity contribution in [3.05, 3.63) is 70.5 Å². The first-order valence-electron chi connectivity index (χ1n) is 7.05. The largest absolute Gasteiger partial charge is 0.386 e. The van der Waals surface area contributed by atoms with Gasteiger partial charge in [-0.3, -0.25) is 9.36 Å². The number of rotatable bonds is 3. The van der Waals surface area contributed by atoms with Crippen LogP contribution in [0.2, 0.25) is 0 Å². The maximum absolute atomic E-state index is 13.2. The Bertz CT molecular complexity index is 817. The summed E-state index contributed by atoms with van der Waals surface area (Å²) in [7, 11) is 0. The van der Waals surface area contributed by atoms with Crippen LogP contribution < -0.4 is 11.0 Å². The highest BCUT2D eigenvalue weighted by molar-refractivity contribution is 6.03. The van der Waals surface area contributed by atoms with Crippen molar-refractivity contribution in [2.45, 2.75) is 18.6 Å². The van der Waals surface area contributed by atoms with E-state index < -0.39 is 23.7 Å².